The third-order valence-electron chi connectivity index (χ3n) is 8.76. The molecule has 7 rings (SSSR count). The number of likely N-dealkylation sites (N-methyl/N-ethyl adjacent to an activating group) is 2. The van der Waals surface area contributed by atoms with Gasteiger partial charge in [0.1, 0.15) is 6.04 Å². The first-order valence-corrected chi connectivity index (χ1v) is 15.9. The Bertz CT molecular complexity index is 1730. The highest BCUT2D eigenvalue weighted by Crippen LogP contribution is 2.30. The molecule has 228 valence electrons. The Morgan fingerprint density at radius 3 is 2.68 bits per heavy atom. The first kappa shape index (κ1) is 28.4. The average Bonchev–Trinajstić information content (AvgIpc) is 3.69. The Labute approximate surface area is 259 Å². The number of imidazole rings is 1. The number of aryl methyl sites for hydroxylation is 1. The summed E-state index contributed by atoms with van der Waals surface area (Å²) in [6.45, 7) is 2.88. The molecule has 0 radical (unpaired) electrons. The average molecular weight is 614 g/mol. The topological polar surface area (TPSA) is 128 Å². The largest absolute Gasteiger partial charge is 0.347 e. The molecule has 2 saturated heterocycles. The lowest BCUT2D eigenvalue weighted by molar-refractivity contribution is -0.139. The third kappa shape index (κ3) is 5.41. The van der Waals surface area contributed by atoms with Crippen LogP contribution in [0.25, 0.3) is 5.78 Å². The first-order valence-electron chi connectivity index (χ1n) is 15.1. The number of amides is 2. The van der Waals surface area contributed by atoms with Gasteiger partial charge in [0.25, 0.3) is 5.91 Å². The lowest BCUT2D eigenvalue weighted by Crippen LogP contribution is -2.48. The molecule has 5 heterocycles. The summed E-state index contributed by atoms with van der Waals surface area (Å²) in [7, 11) is 3.83. The van der Waals surface area contributed by atoms with Crippen LogP contribution in [0.5, 0.6) is 0 Å². The molecule has 13 heteroatoms. The number of hydrogen-bond acceptors (Lipinski definition) is 10. The maximum atomic E-state index is 13.1. The summed E-state index contributed by atoms with van der Waals surface area (Å²) < 4.78 is 1.80. The van der Waals surface area contributed by atoms with Gasteiger partial charge in [-0.1, -0.05) is 12.1 Å². The van der Waals surface area contributed by atoms with E-state index in [0.717, 1.165) is 67.0 Å². The zero-order chi connectivity index (χ0) is 30.4. The summed E-state index contributed by atoms with van der Waals surface area (Å²) in [5.74, 6) is 1.73. The summed E-state index contributed by atoms with van der Waals surface area (Å²) >= 11 is 1.44. The standard InChI is InChI=1S/C31H35N9O3S/c1-37-15-16-38(2)28(43)26(37)19-8-10-20(11-9-19)34-31-36-30(35-29-32-12-14-40(29)31)39-13-4-5-21(18-39)33-27(42)25-17-22-23(41)6-3-7-24(22)44-25/h8-12,14,17,21,26H,3-7,13,15-16,18H2,1-2H3,(H,33,42)(H,32,34,35,36)/t21-,26?/m0/s1. The van der Waals surface area contributed by atoms with Gasteiger partial charge in [-0.15, -0.1) is 11.3 Å². The number of anilines is 3. The van der Waals surface area contributed by atoms with E-state index in [0.29, 0.717) is 35.5 Å². The van der Waals surface area contributed by atoms with Crippen molar-refractivity contribution in [3.05, 3.63) is 63.6 Å². The predicted molar refractivity (Wildman–Crippen MR) is 168 cm³/mol. The summed E-state index contributed by atoms with van der Waals surface area (Å²) in [4.78, 5) is 59.8. The molecule has 1 unspecified atom stereocenters. The van der Waals surface area contributed by atoms with Gasteiger partial charge in [0.15, 0.2) is 5.78 Å². The minimum absolute atomic E-state index is 0.0747. The third-order valence-corrected chi connectivity index (χ3v) is 9.95. The molecule has 3 aromatic heterocycles. The zero-order valence-corrected chi connectivity index (χ0v) is 25.6. The maximum absolute atomic E-state index is 13.1. The first-order chi connectivity index (χ1) is 21.3. The van der Waals surface area contributed by atoms with Crippen LogP contribution in [0.3, 0.4) is 0 Å². The highest BCUT2D eigenvalue weighted by atomic mass is 32.1. The van der Waals surface area contributed by atoms with Gasteiger partial charge in [0, 0.05) is 74.2 Å². The second kappa shape index (κ2) is 11.6. The molecule has 3 aliphatic rings. The molecule has 2 fully saturated rings. The minimum Gasteiger partial charge on any atom is -0.347 e. The van der Waals surface area contributed by atoms with E-state index in [1.54, 1.807) is 21.6 Å². The van der Waals surface area contributed by atoms with Gasteiger partial charge in [-0.05, 0) is 56.5 Å². The van der Waals surface area contributed by atoms with E-state index in [4.69, 9.17) is 9.97 Å². The number of rotatable bonds is 6. The monoisotopic (exact) mass is 613 g/mol. The number of fused-ring (bicyclic) bond motifs is 2. The molecule has 2 atom stereocenters. The molecule has 0 bridgehead atoms. The number of piperidine rings is 1. The summed E-state index contributed by atoms with van der Waals surface area (Å²) in [5.41, 5.74) is 2.49. The summed E-state index contributed by atoms with van der Waals surface area (Å²) in [6.07, 6.45) is 7.50. The molecule has 4 aromatic rings. The van der Waals surface area contributed by atoms with E-state index < -0.39 is 0 Å². The Morgan fingerprint density at radius 1 is 1.02 bits per heavy atom. The van der Waals surface area contributed by atoms with Gasteiger partial charge < -0.3 is 20.4 Å². The van der Waals surface area contributed by atoms with Crippen LogP contribution in [-0.4, -0.2) is 93.1 Å². The van der Waals surface area contributed by atoms with Gasteiger partial charge in [0.05, 0.1) is 4.88 Å². The minimum atomic E-state index is -0.297. The lowest BCUT2D eigenvalue weighted by atomic mass is 9.98. The van der Waals surface area contributed by atoms with Crippen molar-refractivity contribution in [2.45, 2.75) is 44.2 Å². The van der Waals surface area contributed by atoms with E-state index in [1.165, 1.54) is 11.3 Å². The Kier molecular flexibility index (Phi) is 7.50. The quantitative estimate of drug-likeness (QED) is 0.337. The zero-order valence-electron chi connectivity index (χ0n) is 24.8. The van der Waals surface area contributed by atoms with Crippen LogP contribution in [0.4, 0.5) is 17.6 Å². The highest BCUT2D eigenvalue weighted by Gasteiger charge is 2.32. The number of piperazine rings is 1. The van der Waals surface area contributed by atoms with E-state index in [1.807, 2.05) is 44.6 Å². The van der Waals surface area contributed by atoms with Gasteiger partial charge in [-0.25, -0.2) is 4.98 Å². The van der Waals surface area contributed by atoms with E-state index >= 15 is 0 Å². The van der Waals surface area contributed by atoms with Crippen LogP contribution in [0.1, 0.15) is 62.2 Å². The molecule has 0 spiro atoms. The van der Waals surface area contributed by atoms with Crippen LogP contribution < -0.4 is 15.5 Å². The van der Waals surface area contributed by atoms with Gasteiger partial charge in [-0.3, -0.25) is 23.7 Å². The van der Waals surface area contributed by atoms with Crippen molar-refractivity contribution in [1.82, 2.24) is 34.5 Å². The maximum Gasteiger partial charge on any atom is 0.261 e. The number of benzene rings is 1. The lowest BCUT2D eigenvalue weighted by Gasteiger charge is -2.37. The predicted octanol–water partition coefficient (Wildman–Crippen LogP) is 3.29. The van der Waals surface area contributed by atoms with E-state index in [-0.39, 0.29) is 29.7 Å². The molecule has 44 heavy (non-hydrogen) atoms. The number of Topliss-reactive ketones (excluding diaryl/α,β-unsaturated/α-hetero) is 1. The Hall–Kier alpha value is -4.36. The van der Waals surface area contributed by atoms with Crippen LogP contribution >= 0.6 is 11.3 Å². The molecule has 2 amide bonds. The number of ketones is 1. The Balaban J connectivity index is 1.07. The number of thiophene rings is 1. The van der Waals surface area contributed by atoms with Crippen molar-refractivity contribution in [2.24, 2.45) is 0 Å². The van der Waals surface area contributed by atoms with Crippen molar-refractivity contribution in [2.75, 3.05) is 50.5 Å². The van der Waals surface area contributed by atoms with Crippen molar-refractivity contribution >= 4 is 52.3 Å². The number of aromatic nitrogens is 4. The fourth-order valence-electron chi connectivity index (χ4n) is 6.30. The SMILES string of the molecule is CN1CCN(C)C(c2ccc(Nc3nc(N4CCC[C@H](NC(=O)c5cc6c(s5)CCCC6=O)C4)nc4nccn34)cc2)C1=O. The van der Waals surface area contributed by atoms with Crippen LogP contribution in [-0.2, 0) is 11.2 Å². The van der Waals surface area contributed by atoms with Crippen molar-refractivity contribution in [3.8, 4) is 0 Å². The number of carbonyl (C=O) groups is 3. The van der Waals surface area contributed by atoms with E-state index in [2.05, 4.69) is 25.4 Å². The molecule has 1 aromatic carbocycles. The molecular formula is C31H35N9O3S. The molecule has 0 saturated carbocycles. The smallest absolute Gasteiger partial charge is 0.261 e. The fourth-order valence-corrected chi connectivity index (χ4v) is 7.42. The molecule has 12 nitrogen and oxygen atoms in total. The molecule has 2 aliphatic heterocycles. The fraction of sp³-hybridized carbons (Fsp3) is 0.419. The highest BCUT2D eigenvalue weighted by molar-refractivity contribution is 7.14. The number of nitrogens with zero attached hydrogens (tertiary/aromatic N) is 7. The van der Waals surface area contributed by atoms with Crippen LogP contribution in [0, 0.1) is 0 Å². The number of carbonyl (C=O) groups excluding carboxylic acids is 3. The summed E-state index contributed by atoms with van der Waals surface area (Å²) in [5, 5.41) is 6.59. The van der Waals surface area contributed by atoms with Crippen molar-refractivity contribution < 1.29 is 14.4 Å². The Morgan fingerprint density at radius 2 is 1.86 bits per heavy atom. The molecule has 1 aliphatic carbocycles. The summed E-state index contributed by atoms with van der Waals surface area (Å²) in [6, 6.07) is 9.26. The van der Waals surface area contributed by atoms with Crippen molar-refractivity contribution in [1.29, 1.82) is 0 Å². The van der Waals surface area contributed by atoms with Crippen molar-refractivity contribution in [3.63, 3.8) is 0 Å². The second-order valence-corrected chi connectivity index (χ2v) is 13.0. The number of nitrogens with one attached hydrogen (secondary N) is 2. The number of hydrogen-bond donors (Lipinski definition) is 2. The van der Waals surface area contributed by atoms with Crippen LogP contribution in [0.15, 0.2) is 42.7 Å². The van der Waals surface area contributed by atoms with Gasteiger partial charge >= 0.3 is 0 Å². The van der Waals surface area contributed by atoms with Crippen LogP contribution in [0.2, 0.25) is 0 Å². The van der Waals surface area contributed by atoms with E-state index in [9.17, 15) is 14.4 Å². The normalized spacial score (nSPS) is 21.0. The van der Waals surface area contributed by atoms with Gasteiger partial charge in [-0.2, -0.15) is 9.97 Å². The second-order valence-electron chi connectivity index (χ2n) is 11.8. The molecular weight excluding hydrogens is 578 g/mol. The molecule has 2 N–H and O–H groups in total. The van der Waals surface area contributed by atoms with Gasteiger partial charge in [0.2, 0.25) is 23.6 Å².